The molecule has 3 aromatic rings. The molecule has 6 nitrogen and oxygen atoms in total. The summed E-state index contributed by atoms with van der Waals surface area (Å²) in [6.07, 6.45) is 1.03. The zero-order valence-corrected chi connectivity index (χ0v) is 16.3. The molecule has 1 aromatic carbocycles. The molecular formula is C18H21N3O3S2. The zero-order valence-electron chi connectivity index (χ0n) is 14.6. The smallest absolute Gasteiger partial charge is 0.210 e. The van der Waals surface area contributed by atoms with E-state index in [4.69, 9.17) is 9.15 Å². The molecule has 0 amide bonds. The molecule has 8 heteroatoms. The van der Waals surface area contributed by atoms with Gasteiger partial charge < -0.3 is 19.6 Å². The number of anilines is 2. The van der Waals surface area contributed by atoms with Gasteiger partial charge in [0.2, 0.25) is 5.13 Å². The molecule has 26 heavy (non-hydrogen) atoms. The van der Waals surface area contributed by atoms with Gasteiger partial charge in [0.15, 0.2) is 4.34 Å². The van der Waals surface area contributed by atoms with E-state index >= 15 is 0 Å². The van der Waals surface area contributed by atoms with Gasteiger partial charge in [0.1, 0.15) is 12.4 Å². The van der Waals surface area contributed by atoms with Gasteiger partial charge in [-0.2, -0.15) is 0 Å². The van der Waals surface area contributed by atoms with Crippen LogP contribution in [0.2, 0.25) is 0 Å². The lowest BCUT2D eigenvalue weighted by atomic mass is 10.1. The Hall–Kier alpha value is -1.87. The van der Waals surface area contributed by atoms with E-state index in [2.05, 4.69) is 35.4 Å². The highest BCUT2D eigenvalue weighted by Gasteiger charge is 2.11. The van der Waals surface area contributed by atoms with Crippen LogP contribution in [0.25, 0.3) is 0 Å². The number of thioether (sulfide) groups is 1. The largest absolute Gasteiger partial charge is 0.467 e. The number of rotatable bonds is 9. The molecule has 1 atom stereocenters. The van der Waals surface area contributed by atoms with Gasteiger partial charge in [-0.1, -0.05) is 35.2 Å². The number of aryl methyl sites for hydroxylation is 1. The van der Waals surface area contributed by atoms with Crippen molar-refractivity contribution >= 4 is 33.9 Å². The quantitative estimate of drug-likeness (QED) is 0.530. The van der Waals surface area contributed by atoms with Crippen molar-refractivity contribution < 1.29 is 14.3 Å². The molecule has 0 saturated heterocycles. The van der Waals surface area contributed by atoms with E-state index < -0.39 is 6.10 Å². The Morgan fingerprint density at radius 3 is 2.96 bits per heavy atom. The van der Waals surface area contributed by atoms with Gasteiger partial charge in [-0.05, 0) is 43.2 Å². The van der Waals surface area contributed by atoms with Gasteiger partial charge >= 0.3 is 0 Å². The lowest BCUT2D eigenvalue weighted by molar-refractivity contribution is 0.0328. The lowest BCUT2D eigenvalue weighted by Crippen LogP contribution is -2.17. The van der Waals surface area contributed by atoms with E-state index in [1.165, 1.54) is 34.2 Å². The summed E-state index contributed by atoms with van der Waals surface area (Å²) in [5, 5.41) is 22.4. The molecule has 2 aromatic heterocycles. The number of aliphatic hydroxyl groups excluding tert-OH is 1. The molecule has 0 spiro atoms. The fraction of sp³-hybridized carbons (Fsp3) is 0.333. The van der Waals surface area contributed by atoms with Crippen LogP contribution in [0.5, 0.6) is 0 Å². The number of benzene rings is 1. The number of hydrogen-bond donors (Lipinski definition) is 2. The second-order valence-electron chi connectivity index (χ2n) is 5.80. The van der Waals surface area contributed by atoms with Crippen LogP contribution in [0.3, 0.4) is 0 Å². The van der Waals surface area contributed by atoms with Crippen LogP contribution >= 0.6 is 23.1 Å². The normalized spacial score (nSPS) is 12.3. The Morgan fingerprint density at radius 2 is 2.15 bits per heavy atom. The van der Waals surface area contributed by atoms with Crippen LogP contribution in [0, 0.1) is 13.8 Å². The van der Waals surface area contributed by atoms with Gasteiger partial charge in [-0.15, -0.1) is 10.2 Å². The number of ether oxygens (including phenoxy) is 1. The van der Waals surface area contributed by atoms with Gasteiger partial charge in [0.25, 0.3) is 0 Å². The number of aromatic nitrogens is 2. The molecule has 2 N–H and O–H groups in total. The first-order chi connectivity index (χ1) is 12.6. The summed E-state index contributed by atoms with van der Waals surface area (Å²) in [5.74, 6) is 1.24. The van der Waals surface area contributed by atoms with E-state index in [-0.39, 0.29) is 6.61 Å². The summed E-state index contributed by atoms with van der Waals surface area (Å²) in [5.41, 5.74) is 3.46. The third kappa shape index (κ3) is 5.31. The molecule has 138 valence electrons. The highest BCUT2D eigenvalue weighted by molar-refractivity contribution is 8.01. The maximum atomic E-state index is 10.0. The Balaban J connectivity index is 1.43. The number of hydrogen-bond acceptors (Lipinski definition) is 8. The van der Waals surface area contributed by atoms with Crippen molar-refractivity contribution in [3.63, 3.8) is 0 Å². The Morgan fingerprint density at radius 1 is 1.27 bits per heavy atom. The van der Waals surface area contributed by atoms with E-state index in [1.54, 1.807) is 6.26 Å². The molecule has 0 bridgehead atoms. The molecule has 0 saturated carbocycles. The molecule has 1 unspecified atom stereocenters. The Labute approximate surface area is 160 Å². The number of furan rings is 1. The average Bonchev–Trinajstić information content (AvgIpc) is 3.29. The highest BCUT2D eigenvalue weighted by atomic mass is 32.2. The first kappa shape index (κ1) is 18.9. The maximum Gasteiger partial charge on any atom is 0.210 e. The van der Waals surface area contributed by atoms with Crippen LogP contribution in [-0.4, -0.2) is 33.8 Å². The van der Waals surface area contributed by atoms with Crippen molar-refractivity contribution in [3.8, 4) is 0 Å². The third-order valence-electron chi connectivity index (χ3n) is 3.79. The second kappa shape index (κ2) is 9.18. The van der Waals surface area contributed by atoms with E-state index in [0.717, 1.165) is 20.9 Å². The number of nitrogens with zero attached hydrogens (tertiary/aromatic N) is 2. The summed E-state index contributed by atoms with van der Waals surface area (Å²) in [7, 11) is 0. The van der Waals surface area contributed by atoms with Gasteiger partial charge in [-0.25, -0.2) is 0 Å². The minimum absolute atomic E-state index is 0.250. The maximum absolute atomic E-state index is 10.0. The summed E-state index contributed by atoms with van der Waals surface area (Å²) >= 11 is 2.94. The Kier molecular flexibility index (Phi) is 6.67. The summed E-state index contributed by atoms with van der Waals surface area (Å²) in [6, 6.07) is 9.77. The minimum Gasteiger partial charge on any atom is -0.467 e. The van der Waals surface area contributed by atoms with Crippen molar-refractivity contribution in [2.24, 2.45) is 0 Å². The SMILES string of the molecule is Cc1cccc(Nc2nnc(SCC(O)COCc3ccco3)s2)c1C. The van der Waals surface area contributed by atoms with Crippen LogP contribution in [-0.2, 0) is 11.3 Å². The zero-order chi connectivity index (χ0) is 18.4. The molecule has 0 radical (unpaired) electrons. The predicted octanol–water partition coefficient (Wildman–Crippen LogP) is 4.16. The summed E-state index contributed by atoms with van der Waals surface area (Å²) < 4.78 is 11.4. The molecule has 0 aliphatic carbocycles. The van der Waals surface area contributed by atoms with Gasteiger partial charge in [0.05, 0.1) is 19.0 Å². The molecule has 0 aliphatic rings. The molecule has 2 heterocycles. The minimum atomic E-state index is -0.575. The lowest BCUT2D eigenvalue weighted by Gasteiger charge is -2.09. The van der Waals surface area contributed by atoms with Crippen LogP contribution < -0.4 is 5.32 Å². The monoisotopic (exact) mass is 391 g/mol. The molecule has 0 fully saturated rings. The summed E-state index contributed by atoms with van der Waals surface area (Å²) in [6.45, 7) is 4.77. The third-order valence-corrected chi connectivity index (χ3v) is 5.90. The van der Waals surface area contributed by atoms with Crippen molar-refractivity contribution in [1.82, 2.24) is 10.2 Å². The number of nitrogens with one attached hydrogen (secondary N) is 1. The fourth-order valence-electron chi connectivity index (χ4n) is 2.23. The van der Waals surface area contributed by atoms with Gasteiger partial charge in [-0.3, -0.25) is 0 Å². The van der Waals surface area contributed by atoms with Crippen molar-refractivity contribution in [2.75, 3.05) is 17.7 Å². The molecule has 3 rings (SSSR count). The average molecular weight is 392 g/mol. The van der Waals surface area contributed by atoms with Crippen LogP contribution in [0.1, 0.15) is 16.9 Å². The predicted molar refractivity (Wildman–Crippen MR) is 104 cm³/mol. The topological polar surface area (TPSA) is 80.4 Å². The van der Waals surface area contributed by atoms with E-state index in [9.17, 15) is 5.11 Å². The van der Waals surface area contributed by atoms with E-state index in [0.29, 0.717) is 12.4 Å². The molecule has 0 aliphatic heterocycles. The standard InChI is InChI=1S/C18H21N3O3S2/c1-12-5-3-7-16(13(12)2)19-17-20-21-18(26-17)25-11-14(22)9-23-10-15-6-4-8-24-15/h3-8,14,22H,9-11H2,1-2H3,(H,19,20). The van der Waals surface area contributed by atoms with Gasteiger partial charge in [0, 0.05) is 11.4 Å². The first-order valence-electron chi connectivity index (χ1n) is 8.19. The fourth-order valence-corrected chi connectivity index (χ4v) is 3.92. The van der Waals surface area contributed by atoms with Crippen molar-refractivity contribution in [3.05, 3.63) is 53.5 Å². The first-order valence-corrected chi connectivity index (χ1v) is 10.00. The summed E-state index contributed by atoms with van der Waals surface area (Å²) in [4.78, 5) is 0. The van der Waals surface area contributed by atoms with Crippen molar-refractivity contribution in [2.45, 2.75) is 30.9 Å². The highest BCUT2D eigenvalue weighted by Crippen LogP contribution is 2.29. The van der Waals surface area contributed by atoms with E-state index in [1.807, 2.05) is 24.3 Å². The van der Waals surface area contributed by atoms with Crippen LogP contribution in [0.4, 0.5) is 10.8 Å². The van der Waals surface area contributed by atoms with Crippen LogP contribution in [0.15, 0.2) is 45.4 Å². The number of aliphatic hydroxyl groups is 1. The Bertz CT molecular complexity index is 821. The second-order valence-corrected chi connectivity index (χ2v) is 8.05. The molecular weight excluding hydrogens is 370 g/mol. The van der Waals surface area contributed by atoms with Crippen molar-refractivity contribution in [1.29, 1.82) is 0 Å².